The average molecular weight is 809 g/mol. The molecule has 332 valence electrons. The lowest BCUT2D eigenvalue weighted by molar-refractivity contribution is -0.167. The summed E-state index contributed by atoms with van der Waals surface area (Å²) in [5, 5.41) is 0. The molecule has 0 rings (SSSR count). The van der Waals surface area contributed by atoms with Gasteiger partial charge in [0, 0.05) is 19.3 Å². The molecule has 0 saturated carbocycles. The Labute approximate surface area is 357 Å². The van der Waals surface area contributed by atoms with Crippen molar-refractivity contribution in [2.75, 3.05) is 13.2 Å². The van der Waals surface area contributed by atoms with Crippen molar-refractivity contribution in [3.63, 3.8) is 0 Å². The van der Waals surface area contributed by atoms with Gasteiger partial charge >= 0.3 is 17.9 Å². The molecule has 0 N–H and O–H groups in total. The Kier molecular flexibility index (Phi) is 44.0. The molecule has 58 heavy (non-hydrogen) atoms. The molecule has 0 saturated heterocycles. The molecule has 6 heteroatoms. The molecule has 0 aliphatic heterocycles. The third-order valence-electron chi connectivity index (χ3n) is 9.95. The Morgan fingerprint density at radius 2 is 0.672 bits per heavy atom. The van der Waals surface area contributed by atoms with E-state index in [1.54, 1.807) is 0 Å². The SMILES string of the molecule is CC/C=C\C/C=C\C/C=C\C/C=C\CCCCC(=O)OC(COC(=O)CCCCCCCC)COC(=O)CCCCCCCCCCC/C=C\C/C=C\CCCCC. The van der Waals surface area contributed by atoms with Crippen molar-refractivity contribution < 1.29 is 28.6 Å². The molecule has 0 aliphatic carbocycles. The van der Waals surface area contributed by atoms with Gasteiger partial charge in [-0.3, -0.25) is 14.4 Å². The van der Waals surface area contributed by atoms with Gasteiger partial charge in [-0.2, -0.15) is 0 Å². The number of hydrogen-bond donors (Lipinski definition) is 0. The molecule has 0 heterocycles. The van der Waals surface area contributed by atoms with Crippen LogP contribution < -0.4 is 0 Å². The van der Waals surface area contributed by atoms with Crippen LogP contribution in [-0.2, 0) is 28.6 Å². The topological polar surface area (TPSA) is 78.9 Å². The highest BCUT2D eigenvalue weighted by atomic mass is 16.6. The smallest absolute Gasteiger partial charge is 0.306 e. The highest BCUT2D eigenvalue weighted by molar-refractivity contribution is 5.71. The van der Waals surface area contributed by atoms with E-state index in [-0.39, 0.29) is 37.5 Å². The Bertz CT molecular complexity index is 1110. The second kappa shape index (κ2) is 46.5. The van der Waals surface area contributed by atoms with Crippen LogP contribution in [0.3, 0.4) is 0 Å². The van der Waals surface area contributed by atoms with Crippen LogP contribution in [0, 0.1) is 0 Å². The van der Waals surface area contributed by atoms with E-state index in [1.165, 1.54) is 89.9 Å². The number of unbranched alkanes of at least 4 members (excludes halogenated alkanes) is 19. The molecular formula is C52H88O6. The van der Waals surface area contributed by atoms with Crippen LogP contribution in [0.25, 0.3) is 0 Å². The second-order valence-electron chi connectivity index (χ2n) is 15.6. The minimum atomic E-state index is -0.794. The predicted octanol–water partition coefficient (Wildman–Crippen LogP) is 15.5. The second-order valence-corrected chi connectivity index (χ2v) is 15.6. The Balaban J connectivity index is 4.30. The summed E-state index contributed by atoms with van der Waals surface area (Å²) in [6.45, 7) is 6.39. The molecule has 6 nitrogen and oxygen atoms in total. The number of rotatable bonds is 42. The summed E-state index contributed by atoms with van der Waals surface area (Å²) in [7, 11) is 0. The summed E-state index contributed by atoms with van der Waals surface area (Å²) in [5.41, 5.74) is 0. The van der Waals surface area contributed by atoms with Gasteiger partial charge in [-0.25, -0.2) is 0 Å². The summed E-state index contributed by atoms with van der Waals surface area (Å²) in [6.07, 6.45) is 57.7. The fraction of sp³-hybridized carbons (Fsp3) is 0.712. The van der Waals surface area contributed by atoms with Crippen LogP contribution in [-0.4, -0.2) is 37.2 Å². The van der Waals surface area contributed by atoms with E-state index in [0.29, 0.717) is 19.3 Å². The summed E-state index contributed by atoms with van der Waals surface area (Å²) in [4.78, 5) is 37.6. The molecule has 0 spiro atoms. The van der Waals surface area contributed by atoms with Crippen LogP contribution in [0.4, 0.5) is 0 Å². The van der Waals surface area contributed by atoms with Crippen LogP contribution in [0.5, 0.6) is 0 Å². The fourth-order valence-electron chi connectivity index (χ4n) is 6.34. The number of allylic oxidation sites excluding steroid dienone is 12. The normalized spacial score (nSPS) is 12.7. The van der Waals surface area contributed by atoms with E-state index in [0.717, 1.165) is 83.5 Å². The van der Waals surface area contributed by atoms with E-state index in [9.17, 15) is 14.4 Å². The molecule has 0 aromatic carbocycles. The van der Waals surface area contributed by atoms with Crippen molar-refractivity contribution in [2.45, 2.75) is 226 Å². The zero-order chi connectivity index (χ0) is 42.3. The summed E-state index contributed by atoms with van der Waals surface area (Å²) >= 11 is 0. The number of carbonyl (C=O) groups is 3. The molecule has 1 unspecified atom stereocenters. The van der Waals surface area contributed by atoms with Crippen molar-refractivity contribution in [3.8, 4) is 0 Å². The summed E-state index contributed by atoms with van der Waals surface area (Å²) < 4.78 is 16.6. The summed E-state index contributed by atoms with van der Waals surface area (Å²) in [6, 6.07) is 0. The first-order valence-corrected chi connectivity index (χ1v) is 23.9. The zero-order valence-electron chi connectivity index (χ0n) is 37.8. The molecule has 0 bridgehead atoms. The lowest BCUT2D eigenvalue weighted by Gasteiger charge is -2.18. The monoisotopic (exact) mass is 809 g/mol. The van der Waals surface area contributed by atoms with Crippen LogP contribution >= 0.6 is 0 Å². The van der Waals surface area contributed by atoms with E-state index in [2.05, 4.69) is 93.7 Å². The number of ether oxygens (including phenoxy) is 3. The van der Waals surface area contributed by atoms with E-state index >= 15 is 0 Å². The maximum atomic E-state index is 12.7. The van der Waals surface area contributed by atoms with Crippen LogP contribution in [0.1, 0.15) is 220 Å². The van der Waals surface area contributed by atoms with Gasteiger partial charge in [0.05, 0.1) is 0 Å². The average Bonchev–Trinajstić information content (AvgIpc) is 3.22. The van der Waals surface area contributed by atoms with Gasteiger partial charge in [0.2, 0.25) is 0 Å². The number of hydrogen-bond acceptors (Lipinski definition) is 6. The first kappa shape index (κ1) is 54.9. The molecule has 0 aromatic rings. The lowest BCUT2D eigenvalue weighted by Crippen LogP contribution is -2.30. The largest absolute Gasteiger partial charge is 0.462 e. The Morgan fingerprint density at radius 1 is 0.362 bits per heavy atom. The third-order valence-corrected chi connectivity index (χ3v) is 9.95. The maximum absolute atomic E-state index is 12.7. The quantitative estimate of drug-likeness (QED) is 0.0264. The first-order valence-electron chi connectivity index (χ1n) is 23.9. The van der Waals surface area contributed by atoms with Crippen molar-refractivity contribution in [1.82, 2.24) is 0 Å². The first-order chi connectivity index (χ1) is 28.5. The highest BCUT2D eigenvalue weighted by Crippen LogP contribution is 2.13. The van der Waals surface area contributed by atoms with Crippen LogP contribution in [0.15, 0.2) is 72.9 Å². The highest BCUT2D eigenvalue weighted by Gasteiger charge is 2.19. The fourth-order valence-corrected chi connectivity index (χ4v) is 6.34. The Morgan fingerprint density at radius 3 is 1.12 bits per heavy atom. The van der Waals surface area contributed by atoms with Crippen molar-refractivity contribution in [3.05, 3.63) is 72.9 Å². The van der Waals surface area contributed by atoms with Gasteiger partial charge in [-0.05, 0) is 89.9 Å². The molecule has 0 fully saturated rings. The van der Waals surface area contributed by atoms with Gasteiger partial charge in [-0.15, -0.1) is 0 Å². The van der Waals surface area contributed by atoms with Crippen LogP contribution in [0.2, 0.25) is 0 Å². The lowest BCUT2D eigenvalue weighted by atomic mass is 10.1. The molecule has 1 atom stereocenters. The van der Waals surface area contributed by atoms with E-state index < -0.39 is 6.10 Å². The van der Waals surface area contributed by atoms with Crippen molar-refractivity contribution in [2.24, 2.45) is 0 Å². The van der Waals surface area contributed by atoms with Crippen molar-refractivity contribution >= 4 is 17.9 Å². The minimum Gasteiger partial charge on any atom is -0.462 e. The summed E-state index contributed by atoms with van der Waals surface area (Å²) in [5.74, 6) is -0.953. The van der Waals surface area contributed by atoms with Gasteiger partial charge in [-0.1, -0.05) is 184 Å². The molecule has 0 aliphatic rings. The van der Waals surface area contributed by atoms with E-state index in [1.807, 2.05) is 0 Å². The molecule has 0 aromatic heterocycles. The zero-order valence-corrected chi connectivity index (χ0v) is 37.8. The number of carbonyl (C=O) groups excluding carboxylic acids is 3. The van der Waals surface area contributed by atoms with Crippen molar-refractivity contribution in [1.29, 1.82) is 0 Å². The number of esters is 3. The third kappa shape index (κ3) is 44.0. The molecule has 0 radical (unpaired) electrons. The van der Waals surface area contributed by atoms with Gasteiger partial charge < -0.3 is 14.2 Å². The minimum absolute atomic E-state index is 0.0941. The van der Waals surface area contributed by atoms with Gasteiger partial charge in [0.1, 0.15) is 13.2 Å². The standard InChI is InChI=1S/C52H88O6/c1-4-7-10-13-16-18-20-22-24-25-26-27-29-30-32-34-36-39-42-45-51(54)57-48-49(47-56-50(53)44-41-38-15-12-9-6-3)58-52(55)46-43-40-37-35-33-31-28-23-21-19-17-14-11-8-5-2/h8,11,16-19,22-24,28,33,35,49H,4-7,9-10,12-15,20-21,25-27,29-32,34,36-48H2,1-3H3/b11-8-,18-16-,19-17-,24-22-,28-23-,35-33-. The molecule has 0 amide bonds. The maximum Gasteiger partial charge on any atom is 0.306 e. The van der Waals surface area contributed by atoms with Gasteiger partial charge in [0.25, 0.3) is 0 Å². The Hall–Kier alpha value is -3.15. The predicted molar refractivity (Wildman–Crippen MR) is 247 cm³/mol. The molecular weight excluding hydrogens is 721 g/mol. The van der Waals surface area contributed by atoms with E-state index in [4.69, 9.17) is 14.2 Å². The van der Waals surface area contributed by atoms with Gasteiger partial charge in [0.15, 0.2) is 6.10 Å².